The molecule has 2 atom stereocenters. The molecule has 0 saturated carbocycles. The van der Waals surface area contributed by atoms with E-state index in [1.165, 1.54) is 5.56 Å². The molecule has 1 aliphatic heterocycles. The summed E-state index contributed by atoms with van der Waals surface area (Å²) < 4.78 is 10.9. The number of nitrogens with zero attached hydrogens (tertiary/aromatic N) is 1. The molecular weight excluding hydrogens is 328 g/mol. The second kappa shape index (κ2) is 9.36. The zero-order chi connectivity index (χ0) is 18.2. The zero-order valence-electron chi connectivity index (χ0n) is 15.1. The van der Waals surface area contributed by atoms with E-state index >= 15 is 0 Å². The first-order chi connectivity index (χ1) is 12.7. The topological polar surface area (TPSA) is 50.8 Å². The first kappa shape index (κ1) is 18.4. The number of morpholine rings is 1. The second-order valence-electron chi connectivity index (χ2n) is 6.50. The molecule has 1 fully saturated rings. The standard InChI is InChI=1S/C21H26N2O3/c1-17(19-10-6-3-7-11-19)20(23-12-14-25-15-13-23)22-21(24)26-16-18-8-4-2-5-9-18/h2-11,17,20H,12-16H2,1H3,(H,22,24). The van der Waals surface area contributed by atoms with E-state index < -0.39 is 6.09 Å². The van der Waals surface area contributed by atoms with E-state index in [0.717, 1.165) is 18.7 Å². The van der Waals surface area contributed by atoms with Crippen molar-refractivity contribution in [2.24, 2.45) is 0 Å². The quantitative estimate of drug-likeness (QED) is 0.864. The summed E-state index contributed by atoms with van der Waals surface area (Å²) >= 11 is 0. The van der Waals surface area contributed by atoms with E-state index in [0.29, 0.717) is 13.2 Å². The van der Waals surface area contributed by atoms with E-state index in [1.807, 2.05) is 48.5 Å². The molecule has 1 aliphatic rings. The molecule has 5 heteroatoms. The van der Waals surface area contributed by atoms with Gasteiger partial charge in [0.25, 0.3) is 0 Å². The Balaban J connectivity index is 1.65. The average Bonchev–Trinajstić information content (AvgIpc) is 2.72. The van der Waals surface area contributed by atoms with Gasteiger partial charge in [-0.1, -0.05) is 67.6 Å². The Morgan fingerprint density at radius 1 is 1.08 bits per heavy atom. The first-order valence-electron chi connectivity index (χ1n) is 9.08. The molecule has 2 unspecified atom stereocenters. The molecule has 2 aromatic rings. The molecule has 1 amide bonds. The van der Waals surface area contributed by atoms with Gasteiger partial charge in [-0.15, -0.1) is 0 Å². The van der Waals surface area contributed by atoms with E-state index in [9.17, 15) is 4.79 Å². The number of alkyl carbamates (subject to hydrolysis) is 1. The second-order valence-corrected chi connectivity index (χ2v) is 6.50. The number of hydrogen-bond acceptors (Lipinski definition) is 4. The van der Waals surface area contributed by atoms with Crippen LogP contribution in [0.3, 0.4) is 0 Å². The molecule has 1 heterocycles. The van der Waals surface area contributed by atoms with Crippen LogP contribution in [0.2, 0.25) is 0 Å². The van der Waals surface area contributed by atoms with Crippen LogP contribution < -0.4 is 5.32 Å². The number of carbonyl (C=O) groups excluding carboxylic acids is 1. The van der Waals surface area contributed by atoms with Crippen LogP contribution in [0.4, 0.5) is 4.79 Å². The highest BCUT2D eigenvalue weighted by Crippen LogP contribution is 2.22. The Hall–Kier alpha value is -2.37. The van der Waals surface area contributed by atoms with Crippen LogP contribution in [0.25, 0.3) is 0 Å². The fourth-order valence-corrected chi connectivity index (χ4v) is 3.21. The molecule has 5 nitrogen and oxygen atoms in total. The maximum absolute atomic E-state index is 12.4. The van der Waals surface area contributed by atoms with E-state index in [-0.39, 0.29) is 18.7 Å². The highest BCUT2D eigenvalue weighted by atomic mass is 16.5. The summed E-state index contributed by atoms with van der Waals surface area (Å²) in [6, 6.07) is 19.9. The SMILES string of the molecule is CC(c1ccccc1)C(NC(=O)OCc1ccccc1)N1CCOCC1. The van der Waals surface area contributed by atoms with Crippen LogP contribution in [0, 0.1) is 0 Å². The lowest BCUT2D eigenvalue weighted by atomic mass is 9.97. The molecule has 2 aromatic carbocycles. The van der Waals surface area contributed by atoms with Crippen LogP contribution in [0.15, 0.2) is 60.7 Å². The predicted molar refractivity (Wildman–Crippen MR) is 101 cm³/mol. The molecule has 0 bridgehead atoms. The van der Waals surface area contributed by atoms with Crippen LogP contribution in [0.1, 0.15) is 24.0 Å². The van der Waals surface area contributed by atoms with Crippen LogP contribution >= 0.6 is 0 Å². The molecule has 3 rings (SSSR count). The molecule has 1 N–H and O–H groups in total. The number of nitrogens with one attached hydrogen (secondary N) is 1. The zero-order valence-corrected chi connectivity index (χ0v) is 15.1. The third kappa shape index (κ3) is 5.07. The summed E-state index contributed by atoms with van der Waals surface area (Å²) in [7, 11) is 0. The Kier molecular flexibility index (Phi) is 6.63. The Labute approximate surface area is 154 Å². The lowest BCUT2D eigenvalue weighted by Crippen LogP contribution is -2.54. The molecule has 0 spiro atoms. The Morgan fingerprint density at radius 2 is 1.69 bits per heavy atom. The van der Waals surface area contributed by atoms with Gasteiger partial charge in [0.05, 0.1) is 19.4 Å². The molecule has 1 saturated heterocycles. The van der Waals surface area contributed by atoms with E-state index in [1.54, 1.807) is 0 Å². The maximum atomic E-state index is 12.4. The van der Waals surface area contributed by atoms with Crippen molar-refractivity contribution in [2.45, 2.75) is 25.6 Å². The summed E-state index contributed by atoms with van der Waals surface area (Å²) in [6.07, 6.45) is -0.530. The number of rotatable bonds is 6. The number of hydrogen-bond donors (Lipinski definition) is 1. The molecule has 138 valence electrons. The smallest absolute Gasteiger partial charge is 0.408 e. The molecule has 26 heavy (non-hydrogen) atoms. The largest absolute Gasteiger partial charge is 0.445 e. The van der Waals surface area contributed by atoms with Crippen molar-refractivity contribution in [1.29, 1.82) is 0 Å². The third-order valence-electron chi connectivity index (χ3n) is 4.72. The van der Waals surface area contributed by atoms with Gasteiger partial charge in [-0.05, 0) is 11.1 Å². The molecule has 0 aromatic heterocycles. The fourth-order valence-electron chi connectivity index (χ4n) is 3.21. The van der Waals surface area contributed by atoms with Crippen molar-refractivity contribution in [3.05, 3.63) is 71.8 Å². The van der Waals surface area contributed by atoms with Crippen molar-refractivity contribution >= 4 is 6.09 Å². The molecule has 0 radical (unpaired) electrons. The van der Waals surface area contributed by atoms with Crippen LogP contribution in [0.5, 0.6) is 0 Å². The number of amides is 1. The lowest BCUT2D eigenvalue weighted by Gasteiger charge is -2.38. The van der Waals surface area contributed by atoms with Crippen molar-refractivity contribution in [2.75, 3.05) is 26.3 Å². The van der Waals surface area contributed by atoms with E-state index in [2.05, 4.69) is 29.3 Å². The highest BCUT2D eigenvalue weighted by Gasteiger charge is 2.29. The van der Waals surface area contributed by atoms with Gasteiger partial charge in [-0.3, -0.25) is 4.90 Å². The third-order valence-corrected chi connectivity index (χ3v) is 4.72. The van der Waals surface area contributed by atoms with Gasteiger partial charge in [-0.25, -0.2) is 4.79 Å². The number of benzene rings is 2. The van der Waals surface area contributed by atoms with Crippen LogP contribution in [-0.2, 0) is 16.1 Å². The summed E-state index contributed by atoms with van der Waals surface area (Å²) in [4.78, 5) is 14.7. The van der Waals surface area contributed by atoms with Crippen molar-refractivity contribution in [1.82, 2.24) is 10.2 Å². The van der Waals surface area contributed by atoms with Gasteiger partial charge in [0.15, 0.2) is 0 Å². The Morgan fingerprint density at radius 3 is 2.35 bits per heavy atom. The van der Waals surface area contributed by atoms with Crippen LogP contribution in [-0.4, -0.2) is 43.5 Å². The normalized spacial score (nSPS) is 17.3. The van der Waals surface area contributed by atoms with Gasteiger partial charge < -0.3 is 14.8 Å². The van der Waals surface area contributed by atoms with Crippen molar-refractivity contribution < 1.29 is 14.3 Å². The summed E-state index contributed by atoms with van der Waals surface area (Å²) in [6.45, 7) is 5.34. The van der Waals surface area contributed by atoms with Crippen molar-refractivity contribution in [3.8, 4) is 0 Å². The van der Waals surface area contributed by atoms with Crippen molar-refractivity contribution in [3.63, 3.8) is 0 Å². The van der Waals surface area contributed by atoms with Gasteiger partial charge >= 0.3 is 6.09 Å². The average molecular weight is 354 g/mol. The van der Waals surface area contributed by atoms with Gasteiger partial charge in [0.2, 0.25) is 0 Å². The van der Waals surface area contributed by atoms with Gasteiger partial charge in [-0.2, -0.15) is 0 Å². The highest BCUT2D eigenvalue weighted by molar-refractivity contribution is 5.67. The first-order valence-corrected chi connectivity index (χ1v) is 9.08. The van der Waals surface area contributed by atoms with Gasteiger partial charge in [0, 0.05) is 19.0 Å². The summed E-state index contributed by atoms with van der Waals surface area (Å²) in [5.74, 6) is 0.138. The summed E-state index contributed by atoms with van der Waals surface area (Å²) in [5.41, 5.74) is 2.16. The van der Waals surface area contributed by atoms with E-state index in [4.69, 9.17) is 9.47 Å². The number of ether oxygens (including phenoxy) is 2. The lowest BCUT2D eigenvalue weighted by molar-refractivity contribution is 0.00227. The predicted octanol–water partition coefficient (Wildman–Crippen LogP) is 3.37. The molecule has 0 aliphatic carbocycles. The monoisotopic (exact) mass is 354 g/mol. The summed E-state index contributed by atoms with van der Waals surface area (Å²) in [5, 5.41) is 3.06. The number of carbonyl (C=O) groups is 1. The minimum atomic E-state index is -0.395. The Bertz CT molecular complexity index is 672. The minimum Gasteiger partial charge on any atom is -0.445 e. The van der Waals surface area contributed by atoms with Gasteiger partial charge in [0.1, 0.15) is 6.61 Å². The molecular formula is C21H26N2O3. The fraction of sp³-hybridized carbons (Fsp3) is 0.381. The maximum Gasteiger partial charge on any atom is 0.408 e. The minimum absolute atomic E-state index is 0.135.